The van der Waals surface area contributed by atoms with E-state index < -0.39 is 42.0 Å². The Labute approximate surface area is 206 Å². The van der Waals surface area contributed by atoms with Crippen molar-refractivity contribution in [2.24, 2.45) is 17.2 Å². The first-order chi connectivity index (χ1) is 16.3. The van der Waals surface area contributed by atoms with Crippen LogP contribution in [0.15, 0.2) is 0 Å². The molecule has 1 fully saturated rings. The number of hydrogen-bond donors (Lipinski definition) is 6. The third-order valence-electron chi connectivity index (χ3n) is 5.93. The van der Waals surface area contributed by atoms with Crippen molar-refractivity contribution in [3.05, 3.63) is 0 Å². The minimum Gasteiger partial charge on any atom is -0.480 e. The number of nitrogens with one attached hydrogen (secondary N) is 2. The molecule has 0 aliphatic carbocycles. The topological polar surface area (TPSA) is 194 Å². The predicted octanol–water partition coefficient (Wildman–Crippen LogP) is -0.630. The highest BCUT2D eigenvalue weighted by molar-refractivity contribution is 7.98. The molecule has 1 aliphatic rings. The second-order valence-electron chi connectivity index (χ2n) is 8.61. The number of carbonyl (C=O) groups is 4. The molecule has 0 spiro atoms. The molecule has 0 aromatic heterocycles. The fourth-order valence-electron chi connectivity index (χ4n) is 3.93. The van der Waals surface area contributed by atoms with Crippen molar-refractivity contribution in [3.8, 4) is 0 Å². The molecule has 0 radical (unpaired) electrons. The lowest BCUT2D eigenvalue weighted by atomic mass is 10.0. The Bertz CT molecular complexity index is 668. The minimum atomic E-state index is -1.10. The van der Waals surface area contributed by atoms with Gasteiger partial charge in [0.2, 0.25) is 17.7 Å². The van der Waals surface area contributed by atoms with Gasteiger partial charge in [0.1, 0.15) is 18.1 Å². The number of rotatable bonds is 17. The van der Waals surface area contributed by atoms with E-state index in [1.165, 1.54) is 16.7 Å². The highest BCUT2D eigenvalue weighted by atomic mass is 32.2. The second kappa shape index (κ2) is 16.7. The monoisotopic (exact) mass is 502 g/mol. The molecule has 1 rings (SSSR count). The van der Waals surface area contributed by atoms with Crippen LogP contribution in [0.4, 0.5) is 0 Å². The van der Waals surface area contributed by atoms with Gasteiger partial charge in [0, 0.05) is 6.54 Å². The molecule has 1 saturated heterocycles. The molecule has 9 N–H and O–H groups in total. The van der Waals surface area contributed by atoms with Crippen molar-refractivity contribution in [2.45, 2.75) is 82.0 Å². The molecule has 196 valence electrons. The van der Waals surface area contributed by atoms with Crippen molar-refractivity contribution in [2.75, 3.05) is 31.6 Å². The first kappa shape index (κ1) is 30.1. The van der Waals surface area contributed by atoms with Crippen LogP contribution in [-0.2, 0) is 19.2 Å². The first-order valence-electron chi connectivity index (χ1n) is 12.0. The van der Waals surface area contributed by atoms with Gasteiger partial charge in [-0.05, 0) is 76.5 Å². The van der Waals surface area contributed by atoms with Gasteiger partial charge < -0.3 is 37.8 Å². The highest BCUT2D eigenvalue weighted by Crippen LogP contribution is 2.20. The Morgan fingerprint density at radius 2 is 1.65 bits per heavy atom. The Morgan fingerprint density at radius 1 is 1.00 bits per heavy atom. The molecule has 0 aromatic carbocycles. The molecular formula is C22H42N6O5S. The van der Waals surface area contributed by atoms with Gasteiger partial charge in [-0.25, -0.2) is 4.79 Å². The summed E-state index contributed by atoms with van der Waals surface area (Å²) in [5.74, 6) is -1.76. The molecule has 3 amide bonds. The van der Waals surface area contributed by atoms with Gasteiger partial charge in [-0.2, -0.15) is 11.8 Å². The van der Waals surface area contributed by atoms with E-state index in [0.29, 0.717) is 76.8 Å². The minimum absolute atomic E-state index is 0.294. The number of carbonyl (C=O) groups excluding carboxylic acids is 3. The van der Waals surface area contributed by atoms with Crippen LogP contribution >= 0.6 is 11.8 Å². The van der Waals surface area contributed by atoms with Gasteiger partial charge in [-0.1, -0.05) is 6.42 Å². The number of nitrogens with zero attached hydrogens (tertiary/aromatic N) is 1. The van der Waals surface area contributed by atoms with Crippen molar-refractivity contribution >= 4 is 35.5 Å². The van der Waals surface area contributed by atoms with E-state index >= 15 is 0 Å². The average Bonchev–Trinajstić information content (AvgIpc) is 3.30. The van der Waals surface area contributed by atoms with Crippen LogP contribution < -0.4 is 27.8 Å². The molecule has 1 heterocycles. The van der Waals surface area contributed by atoms with Gasteiger partial charge >= 0.3 is 5.97 Å². The van der Waals surface area contributed by atoms with Crippen molar-refractivity contribution in [3.63, 3.8) is 0 Å². The summed E-state index contributed by atoms with van der Waals surface area (Å²) in [7, 11) is 0. The van der Waals surface area contributed by atoms with Crippen LogP contribution in [0.5, 0.6) is 0 Å². The smallest absolute Gasteiger partial charge is 0.326 e. The highest BCUT2D eigenvalue weighted by Gasteiger charge is 2.38. The summed E-state index contributed by atoms with van der Waals surface area (Å²) in [5.41, 5.74) is 17.1. The molecule has 1 aliphatic heterocycles. The third kappa shape index (κ3) is 10.2. The van der Waals surface area contributed by atoms with Crippen LogP contribution in [0.2, 0.25) is 0 Å². The van der Waals surface area contributed by atoms with Crippen LogP contribution in [0.1, 0.15) is 57.8 Å². The van der Waals surface area contributed by atoms with E-state index in [1.807, 2.05) is 6.26 Å². The summed E-state index contributed by atoms with van der Waals surface area (Å²) in [6.07, 6.45) is 6.87. The molecule has 0 aromatic rings. The normalized spacial score (nSPS) is 18.2. The molecule has 34 heavy (non-hydrogen) atoms. The summed E-state index contributed by atoms with van der Waals surface area (Å²) < 4.78 is 0. The first-order valence-corrected chi connectivity index (χ1v) is 13.4. The van der Waals surface area contributed by atoms with Gasteiger partial charge in [0.15, 0.2) is 0 Å². The number of amides is 3. The number of aliphatic carboxylic acids is 1. The summed E-state index contributed by atoms with van der Waals surface area (Å²) >= 11 is 1.49. The van der Waals surface area contributed by atoms with Gasteiger partial charge in [0.25, 0.3) is 0 Å². The third-order valence-corrected chi connectivity index (χ3v) is 6.58. The van der Waals surface area contributed by atoms with Crippen LogP contribution in [0.25, 0.3) is 0 Å². The number of likely N-dealkylation sites (tertiary alicyclic amines) is 1. The predicted molar refractivity (Wildman–Crippen MR) is 133 cm³/mol. The zero-order valence-corrected chi connectivity index (χ0v) is 21.0. The van der Waals surface area contributed by atoms with E-state index in [9.17, 15) is 24.3 Å². The van der Waals surface area contributed by atoms with E-state index in [-0.39, 0.29) is 5.91 Å². The number of carboxylic acids is 1. The molecule has 0 bridgehead atoms. The average molecular weight is 503 g/mol. The molecule has 11 nitrogen and oxygen atoms in total. The lowest BCUT2D eigenvalue weighted by Crippen LogP contribution is -2.56. The molecule has 12 heteroatoms. The fraction of sp³-hybridized carbons (Fsp3) is 0.818. The van der Waals surface area contributed by atoms with Crippen LogP contribution in [0.3, 0.4) is 0 Å². The standard InChI is InChI=1S/C22H42N6O5S/c1-34-14-10-17(22(32)33)27-20(30)18-9-6-13-28(18)21(31)16(8-3-5-12-24)26-19(29)15(25)7-2-4-11-23/h15-18H,2-14,23-25H2,1H3,(H,26,29)(H,27,30)(H,32,33). The number of thioether (sulfide) groups is 1. The lowest BCUT2D eigenvalue weighted by Gasteiger charge is -2.30. The van der Waals surface area contributed by atoms with Gasteiger partial charge in [0.05, 0.1) is 6.04 Å². The summed E-state index contributed by atoms with van der Waals surface area (Å²) in [6.45, 7) is 1.35. The molecular weight excluding hydrogens is 460 g/mol. The van der Waals surface area contributed by atoms with Crippen LogP contribution in [0, 0.1) is 0 Å². The van der Waals surface area contributed by atoms with Gasteiger partial charge in [-0.3, -0.25) is 14.4 Å². The van der Waals surface area contributed by atoms with E-state index in [4.69, 9.17) is 17.2 Å². The zero-order valence-electron chi connectivity index (χ0n) is 20.2. The Kier molecular flexibility index (Phi) is 14.8. The van der Waals surface area contributed by atoms with Crippen molar-refractivity contribution in [1.82, 2.24) is 15.5 Å². The summed E-state index contributed by atoms with van der Waals surface area (Å²) in [5, 5.41) is 14.8. The largest absolute Gasteiger partial charge is 0.480 e. The van der Waals surface area contributed by atoms with Crippen molar-refractivity contribution in [1.29, 1.82) is 0 Å². The van der Waals surface area contributed by atoms with Crippen LogP contribution in [-0.4, -0.2) is 89.5 Å². The van der Waals surface area contributed by atoms with E-state index in [1.54, 1.807) is 0 Å². The SMILES string of the molecule is CSCCC(NC(=O)C1CCCN1C(=O)C(CCCCN)NC(=O)C(N)CCCCN)C(=O)O. The van der Waals surface area contributed by atoms with E-state index in [2.05, 4.69) is 10.6 Å². The van der Waals surface area contributed by atoms with E-state index in [0.717, 1.165) is 6.42 Å². The second-order valence-corrected chi connectivity index (χ2v) is 9.59. The zero-order chi connectivity index (χ0) is 25.5. The molecule has 4 atom stereocenters. The summed E-state index contributed by atoms with van der Waals surface area (Å²) in [6, 6.07) is -3.35. The number of hydrogen-bond acceptors (Lipinski definition) is 8. The number of nitrogens with two attached hydrogens (primary N) is 3. The number of unbranched alkanes of at least 4 members (excludes halogenated alkanes) is 2. The maximum Gasteiger partial charge on any atom is 0.326 e. The maximum atomic E-state index is 13.4. The Hall–Kier alpha value is -1.89. The lowest BCUT2D eigenvalue weighted by molar-refractivity contribution is -0.145. The summed E-state index contributed by atoms with van der Waals surface area (Å²) in [4.78, 5) is 51.9. The van der Waals surface area contributed by atoms with Crippen molar-refractivity contribution < 1.29 is 24.3 Å². The molecule has 0 saturated carbocycles. The fourth-order valence-corrected chi connectivity index (χ4v) is 4.40. The Morgan fingerprint density at radius 3 is 2.24 bits per heavy atom. The number of carboxylic acid groups (broad SMARTS) is 1. The maximum absolute atomic E-state index is 13.4. The van der Waals surface area contributed by atoms with Gasteiger partial charge in [-0.15, -0.1) is 0 Å². The quantitative estimate of drug-likeness (QED) is 0.140. The Balaban J connectivity index is 2.87. The molecule has 4 unspecified atom stereocenters.